The highest BCUT2D eigenvalue weighted by atomic mass is 16.7. The van der Waals surface area contributed by atoms with Gasteiger partial charge in [0.1, 0.15) is 59.1 Å². The van der Waals surface area contributed by atoms with Crippen molar-refractivity contribution in [3.63, 3.8) is 0 Å². The number of phenolic OH excluding ortho intramolecular Hbond substituents is 2. The van der Waals surface area contributed by atoms with Crippen molar-refractivity contribution in [2.75, 3.05) is 13.7 Å². The largest absolute Gasteiger partial charge is 0.508 e. The van der Waals surface area contributed by atoms with Gasteiger partial charge in [0.25, 0.3) is 0 Å². The van der Waals surface area contributed by atoms with Gasteiger partial charge in [0, 0.05) is 13.2 Å². The molecule has 1 fully saturated rings. The molecular formula is C22H26O10. The summed E-state index contributed by atoms with van der Waals surface area (Å²) in [7, 11) is 1.30. The Labute approximate surface area is 183 Å². The second-order valence-corrected chi connectivity index (χ2v) is 8.14. The van der Waals surface area contributed by atoms with E-state index >= 15 is 0 Å². The maximum Gasteiger partial charge on any atom is 0.229 e. The van der Waals surface area contributed by atoms with E-state index in [2.05, 4.69) is 0 Å². The van der Waals surface area contributed by atoms with Crippen LogP contribution in [0, 0.1) is 5.92 Å². The number of phenols is 2. The quantitative estimate of drug-likeness (QED) is 0.449. The normalized spacial score (nSPS) is 32.4. The maximum absolute atomic E-state index is 12.8. The number of ether oxygens (including phenoxy) is 4. The number of methoxy groups -OCH3 is 1. The molecule has 0 amide bonds. The van der Waals surface area contributed by atoms with Crippen LogP contribution in [0.5, 0.6) is 23.0 Å². The predicted octanol–water partition coefficient (Wildman–Crippen LogP) is 0.683. The first-order chi connectivity index (χ1) is 15.2. The van der Waals surface area contributed by atoms with E-state index in [1.807, 2.05) is 0 Å². The van der Waals surface area contributed by atoms with Gasteiger partial charge in [-0.05, 0) is 24.4 Å². The number of rotatable bonds is 4. The van der Waals surface area contributed by atoms with E-state index in [-0.39, 0.29) is 34.0 Å². The fourth-order valence-corrected chi connectivity index (χ4v) is 4.18. The van der Waals surface area contributed by atoms with Crippen LogP contribution in [0.1, 0.15) is 24.2 Å². The molecule has 0 bridgehead atoms. The molecular weight excluding hydrogens is 424 g/mol. The van der Waals surface area contributed by atoms with Crippen molar-refractivity contribution in [1.29, 1.82) is 0 Å². The van der Waals surface area contributed by atoms with Gasteiger partial charge < -0.3 is 44.5 Å². The minimum atomic E-state index is -1.56. The van der Waals surface area contributed by atoms with Gasteiger partial charge in [-0.25, -0.2) is 0 Å². The van der Waals surface area contributed by atoms with Crippen LogP contribution in [-0.4, -0.2) is 81.8 Å². The van der Waals surface area contributed by atoms with Gasteiger partial charge in [0.05, 0.1) is 17.9 Å². The van der Waals surface area contributed by atoms with Crippen molar-refractivity contribution in [2.24, 2.45) is 5.92 Å². The first-order valence-electron chi connectivity index (χ1n) is 10.2. The van der Waals surface area contributed by atoms with E-state index in [4.69, 9.17) is 18.9 Å². The number of aromatic hydroxyl groups is 2. The smallest absolute Gasteiger partial charge is 0.229 e. The summed E-state index contributed by atoms with van der Waals surface area (Å²) < 4.78 is 22.2. The average Bonchev–Trinajstić information content (AvgIpc) is 2.74. The van der Waals surface area contributed by atoms with Crippen LogP contribution in [0.4, 0.5) is 0 Å². The lowest BCUT2D eigenvalue weighted by molar-refractivity contribution is -0.281. The van der Waals surface area contributed by atoms with E-state index in [0.717, 1.165) is 0 Å². The van der Waals surface area contributed by atoms with Gasteiger partial charge in [-0.15, -0.1) is 0 Å². The zero-order valence-electron chi connectivity index (χ0n) is 17.8. The molecule has 1 saturated heterocycles. The topological polar surface area (TPSA) is 155 Å². The molecule has 174 valence electrons. The van der Waals surface area contributed by atoms with Crippen LogP contribution in [0.3, 0.4) is 0 Å². The van der Waals surface area contributed by atoms with Crippen LogP contribution >= 0.6 is 0 Å². The number of aliphatic hydroxyl groups is 3. The zero-order valence-corrected chi connectivity index (χ0v) is 17.8. The number of Topliss-reactive ketones (excluding diaryl/α,β-unsaturated/α-hetero) is 1. The summed E-state index contributed by atoms with van der Waals surface area (Å²) in [6, 6.07) is 4.07. The molecule has 2 aromatic rings. The van der Waals surface area contributed by atoms with Gasteiger partial charge in [-0.1, -0.05) is 6.92 Å². The lowest BCUT2D eigenvalue weighted by atomic mass is 9.89. The summed E-state index contributed by atoms with van der Waals surface area (Å²) in [6.45, 7) is 2.94. The molecule has 2 heterocycles. The monoisotopic (exact) mass is 450 g/mol. The molecule has 2 aromatic carbocycles. The molecule has 2 aliphatic heterocycles. The van der Waals surface area contributed by atoms with Crippen molar-refractivity contribution in [2.45, 2.75) is 50.7 Å². The Hall–Kier alpha value is -2.63. The molecule has 10 heteroatoms. The summed E-state index contributed by atoms with van der Waals surface area (Å²) in [5.74, 6) is -1.30. The predicted molar refractivity (Wildman–Crippen MR) is 110 cm³/mol. The number of hydrogen-bond acceptors (Lipinski definition) is 10. The first kappa shape index (κ1) is 22.6. The SMILES string of the molecule is COC1C(CO)OC(Oc2cc(O)cc3cc4c(c(O)c23)C(=O)C(C)C(C)O4)C(O)C1O. The average molecular weight is 450 g/mol. The van der Waals surface area contributed by atoms with Gasteiger partial charge in [-0.3, -0.25) is 4.79 Å². The number of hydrogen-bond donors (Lipinski definition) is 5. The van der Waals surface area contributed by atoms with Crippen molar-refractivity contribution >= 4 is 16.6 Å². The fourth-order valence-electron chi connectivity index (χ4n) is 4.18. The van der Waals surface area contributed by atoms with Gasteiger partial charge in [0.2, 0.25) is 6.29 Å². The summed E-state index contributed by atoms with van der Waals surface area (Å²) in [5.41, 5.74) is -0.00327. The first-order valence-corrected chi connectivity index (χ1v) is 10.2. The fraction of sp³-hybridized carbons (Fsp3) is 0.500. The standard InChI is InChI=1S/C22H26O10/c1-8-9(2)30-12-5-10-4-11(24)6-13(15(10)18(26)16(12)17(8)25)31-22-20(28)19(27)21(29-3)14(7-23)32-22/h4-6,8-9,14,19-24,26-28H,7H2,1-3H3. The summed E-state index contributed by atoms with van der Waals surface area (Å²) >= 11 is 0. The molecule has 0 aliphatic carbocycles. The molecule has 2 aliphatic rings. The third-order valence-electron chi connectivity index (χ3n) is 6.14. The van der Waals surface area contributed by atoms with Crippen LogP contribution in [-0.2, 0) is 9.47 Å². The molecule has 0 aromatic heterocycles. The van der Waals surface area contributed by atoms with E-state index in [1.54, 1.807) is 13.8 Å². The number of carbonyl (C=O) groups is 1. The third kappa shape index (κ3) is 3.54. The number of ketones is 1. The molecule has 4 rings (SSSR count). The summed E-state index contributed by atoms with van der Waals surface area (Å²) in [5, 5.41) is 52.0. The van der Waals surface area contributed by atoms with E-state index in [1.165, 1.54) is 25.3 Å². The highest BCUT2D eigenvalue weighted by Crippen LogP contribution is 2.46. The lowest BCUT2D eigenvalue weighted by Gasteiger charge is -2.41. The summed E-state index contributed by atoms with van der Waals surface area (Å²) in [4.78, 5) is 12.8. The van der Waals surface area contributed by atoms with Crippen LogP contribution < -0.4 is 9.47 Å². The molecule has 0 spiro atoms. The highest BCUT2D eigenvalue weighted by molar-refractivity contribution is 6.10. The number of carbonyl (C=O) groups excluding carboxylic acids is 1. The molecule has 0 radical (unpaired) electrons. The Morgan fingerprint density at radius 3 is 2.47 bits per heavy atom. The summed E-state index contributed by atoms with van der Waals surface area (Å²) in [6.07, 6.45) is -6.83. The minimum Gasteiger partial charge on any atom is -0.508 e. The van der Waals surface area contributed by atoms with Crippen molar-refractivity contribution < 1.29 is 49.3 Å². The molecule has 32 heavy (non-hydrogen) atoms. The van der Waals surface area contributed by atoms with Crippen LogP contribution in [0.15, 0.2) is 18.2 Å². The zero-order chi connectivity index (χ0) is 23.3. The van der Waals surface area contributed by atoms with Gasteiger partial charge >= 0.3 is 0 Å². The minimum absolute atomic E-state index is 0.00327. The van der Waals surface area contributed by atoms with Crippen molar-refractivity contribution in [3.05, 3.63) is 23.8 Å². The van der Waals surface area contributed by atoms with E-state index in [9.17, 15) is 30.3 Å². The Bertz CT molecular complexity index is 1040. The molecule has 10 nitrogen and oxygen atoms in total. The van der Waals surface area contributed by atoms with Crippen LogP contribution in [0.2, 0.25) is 0 Å². The Balaban J connectivity index is 1.79. The Morgan fingerprint density at radius 2 is 1.81 bits per heavy atom. The third-order valence-corrected chi connectivity index (χ3v) is 6.14. The van der Waals surface area contributed by atoms with E-state index in [0.29, 0.717) is 5.39 Å². The number of fused-ring (bicyclic) bond motifs is 2. The second kappa shape index (κ2) is 8.38. The molecule has 5 N–H and O–H groups in total. The molecule has 7 atom stereocenters. The van der Waals surface area contributed by atoms with Crippen molar-refractivity contribution in [3.8, 4) is 23.0 Å². The second-order valence-electron chi connectivity index (χ2n) is 8.14. The highest BCUT2D eigenvalue weighted by Gasteiger charge is 2.46. The number of benzene rings is 2. The van der Waals surface area contributed by atoms with Gasteiger partial charge in [-0.2, -0.15) is 0 Å². The van der Waals surface area contributed by atoms with Crippen LogP contribution in [0.25, 0.3) is 10.8 Å². The number of aliphatic hydroxyl groups excluding tert-OH is 3. The van der Waals surface area contributed by atoms with Crippen molar-refractivity contribution in [1.82, 2.24) is 0 Å². The van der Waals surface area contributed by atoms with Gasteiger partial charge in [0.15, 0.2) is 5.78 Å². The Morgan fingerprint density at radius 1 is 1.09 bits per heavy atom. The maximum atomic E-state index is 12.8. The van der Waals surface area contributed by atoms with E-state index < -0.39 is 55.1 Å². The molecule has 0 saturated carbocycles. The Kier molecular flexibility index (Phi) is 5.91. The lowest BCUT2D eigenvalue weighted by Crippen LogP contribution is -2.60. The molecule has 7 unspecified atom stereocenters.